The molecule has 23 heavy (non-hydrogen) atoms. The van der Waals surface area contributed by atoms with Crippen molar-refractivity contribution in [3.05, 3.63) is 42.2 Å². The summed E-state index contributed by atoms with van der Waals surface area (Å²) in [6.45, 7) is 2.59. The van der Waals surface area contributed by atoms with Gasteiger partial charge in [0.15, 0.2) is 5.65 Å². The van der Waals surface area contributed by atoms with Crippen LogP contribution in [0.4, 0.5) is 11.6 Å². The smallest absolute Gasteiger partial charge is 0.229 e. The standard InChI is InChI=1S/C16H20N6O/c1-23-8-2-7-17-9-12-3-5-14(6-4-12)20-16-18-10-13-11-19-22-15(13)21-16/h3-6,10-11,17H,2,7-9H2,1H3,(H2,18,19,20,21,22). The van der Waals surface area contributed by atoms with Crippen LogP contribution in [0.3, 0.4) is 0 Å². The lowest BCUT2D eigenvalue weighted by Gasteiger charge is -2.07. The minimum absolute atomic E-state index is 0.548. The van der Waals surface area contributed by atoms with Gasteiger partial charge in [0.25, 0.3) is 0 Å². The van der Waals surface area contributed by atoms with Gasteiger partial charge in [0, 0.05) is 32.1 Å². The zero-order chi connectivity index (χ0) is 15.9. The lowest BCUT2D eigenvalue weighted by molar-refractivity contribution is 0.194. The first-order valence-corrected chi connectivity index (χ1v) is 7.57. The van der Waals surface area contributed by atoms with Crippen LogP contribution in [0.2, 0.25) is 0 Å². The number of anilines is 2. The average Bonchev–Trinajstić information content (AvgIpc) is 3.04. The highest BCUT2D eigenvalue weighted by Gasteiger charge is 2.02. The number of aromatic amines is 1. The van der Waals surface area contributed by atoms with Crippen molar-refractivity contribution in [2.24, 2.45) is 0 Å². The normalized spacial score (nSPS) is 11.0. The monoisotopic (exact) mass is 312 g/mol. The molecule has 0 bridgehead atoms. The largest absolute Gasteiger partial charge is 0.385 e. The molecule has 0 atom stereocenters. The summed E-state index contributed by atoms with van der Waals surface area (Å²) in [6, 6.07) is 8.21. The van der Waals surface area contributed by atoms with Crippen LogP contribution in [0.25, 0.3) is 11.0 Å². The zero-order valence-corrected chi connectivity index (χ0v) is 13.0. The number of aromatic nitrogens is 4. The molecule has 2 aromatic heterocycles. The van der Waals surface area contributed by atoms with Gasteiger partial charge in [-0.3, -0.25) is 5.10 Å². The molecule has 3 aromatic rings. The van der Waals surface area contributed by atoms with Crippen molar-refractivity contribution >= 4 is 22.7 Å². The third kappa shape index (κ3) is 4.24. The van der Waals surface area contributed by atoms with Crippen LogP contribution in [0.15, 0.2) is 36.7 Å². The van der Waals surface area contributed by atoms with E-state index in [1.165, 1.54) is 5.56 Å². The first-order chi connectivity index (χ1) is 11.3. The number of hydrogen-bond donors (Lipinski definition) is 3. The number of methoxy groups -OCH3 is 1. The number of fused-ring (bicyclic) bond motifs is 1. The molecular formula is C16H20N6O. The van der Waals surface area contributed by atoms with Crippen LogP contribution in [-0.4, -0.2) is 40.4 Å². The van der Waals surface area contributed by atoms with E-state index in [0.717, 1.165) is 42.8 Å². The number of rotatable bonds is 8. The Hall–Kier alpha value is -2.51. The number of nitrogens with zero attached hydrogens (tertiary/aromatic N) is 3. The van der Waals surface area contributed by atoms with E-state index in [4.69, 9.17) is 4.74 Å². The quantitative estimate of drug-likeness (QED) is 0.553. The Labute approximate surface area is 134 Å². The number of ether oxygens (including phenoxy) is 1. The molecule has 7 nitrogen and oxygen atoms in total. The van der Waals surface area contributed by atoms with Gasteiger partial charge in [-0.25, -0.2) is 4.98 Å². The molecule has 0 fully saturated rings. The van der Waals surface area contributed by atoms with Crippen molar-refractivity contribution in [2.45, 2.75) is 13.0 Å². The lowest BCUT2D eigenvalue weighted by Crippen LogP contribution is -2.16. The Bertz CT molecular complexity index is 740. The van der Waals surface area contributed by atoms with E-state index in [0.29, 0.717) is 5.95 Å². The molecule has 0 aliphatic heterocycles. The van der Waals surface area contributed by atoms with Crippen molar-refractivity contribution < 1.29 is 4.74 Å². The van der Waals surface area contributed by atoms with Gasteiger partial charge in [0.2, 0.25) is 5.95 Å². The molecule has 0 unspecified atom stereocenters. The minimum Gasteiger partial charge on any atom is -0.385 e. The highest BCUT2D eigenvalue weighted by molar-refractivity contribution is 5.74. The predicted molar refractivity (Wildman–Crippen MR) is 89.6 cm³/mol. The molecule has 7 heteroatoms. The molecule has 0 spiro atoms. The molecule has 0 amide bonds. The molecule has 0 radical (unpaired) electrons. The lowest BCUT2D eigenvalue weighted by atomic mass is 10.2. The maximum atomic E-state index is 5.02. The van der Waals surface area contributed by atoms with Crippen molar-refractivity contribution in [1.82, 2.24) is 25.5 Å². The van der Waals surface area contributed by atoms with Gasteiger partial charge in [-0.1, -0.05) is 12.1 Å². The first kappa shape index (κ1) is 15.4. The van der Waals surface area contributed by atoms with Gasteiger partial charge in [-0.15, -0.1) is 0 Å². The van der Waals surface area contributed by atoms with E-state index in [2.05, 4.69) is 42.9 Å². The second-order valence-corrected chi connectivity index (χ2v) is 5.21. The predicted octanol–water partition coefficient (Wildman–Crippen LogP) is 2.22. The fraction of sp³-hybridized carbons (Fsp3) is 0.312. The van der Waals surface area contributed by atoms with Gasteiger partial charge >= 0.3 is 0 Å². The topological polar surface area (TPSA) is 87.8 Å². The molecular weight excluding hydrogens is 292 g/mol. The summed E-state index contributed by atoms with van der Waals surface area (Å²) in [4.78, 5) is 8.64. The third-order valence-electron chi connectivity index (χ3n) is 3.43. The van der Waals surface area contributed by atoms with Crippen molar-refractivity contribution in [1.29, 1.82) is 0 Å². The summed E-state index contributed by atoms with van der Waals surface area (Å²) in [5.74, 6) is 0.548. The summed E-state index contributed by atoms with van der Waals surface area (Å²) < 4.78 is 5.02. The summed E-state index contributed by atoms with van der Waals surface area (Å²) in [6.07, 6.45) is 4.46. The molecule has 3 N–H and O–H groups in total. The highest BCUT2D eigenvalue weighted by atomic mass is 16.5. The van der Waals surface area contributed by atoms with Gasteiger partial charge < -0.3 is 15.4 Å². The molecule has 1 aromatic carbocycles. The minimum atomic E-state index is 0.548. The SMILES string of the molecule is COCCCNCc1ccc(Nc2ncc3cn[nH]c3n2)cc1. The number of hydrogen-bond acceptors (Lipinski definition) is 6. The van der Waals surface area contributed by atoms with Gasteiger partial charge in [0.05, 0.1) is 11.6 Å². The fourth-order valence-corrected chi connectivity index (χ4v) is 2.21. The van der Waals surface area contributed by atoms with Crippen LogP contribution in [0.1, 0.15) is 12.0 Å². The summed E-state index contributed by atoms with van der Waals surface area (Å²) in [5.41, 5.74) is 2.91. The van der Waals surface area contributed by atoms with E-state index < -0.39 is 0 Å². The summed E-state index contributed by atoms with van der Waals surface area (Å²) in [5, 5.41) is 14.2. The van der Waals surface area contributed by atoms with Crippen LogP contribution in [0, 0.1) is 0 Å². The van der Waals surface area contributed by atoms with Gasteiger partial charge in [-0.2, -0.15) is 10.1 Å². The average molecular weight is 312 g/mol. The molecule has 0 aliphatic carbocycles. The maximum Gasteiger partial charge on any atom is 0.229 e. The fourth-order valence-electron chi connectivity index (χ4n) is 2.21. The van der Waals surface area contributed by atoms with E-state index in [9.17, 15) is 0 Å². The highest BCUT2D eigenvalue weighted by Crippen LogP contribution is 2.15. The molecule has 0 saturated heterocycles. The van der Waals surface area contributed by atoms with Crippen molar-refractivity contribution in [3.8, 4) is 0 Å². The number of nitrogens with one attached hydrogen (secondary N) is 3. The number of benzene rings is 1. The Morgan fingerprint density at radius 1 is 1.17 bits per heavy atom. The molecule has 0 saturated carbocycles. The molecule has 0 aliphatic rings. The van der Waals surface area contributed by atoms with E-state index >= 15 is 0 Å². The molecule has 3 rings (SSSR count). The molecule has 120 valence electrons. The van der Waals surface area contributed by atoms with Crippen LogP contribution in [-0.2, 0) is 11.3 Å². The Balaban J connectivity index is 1.54. The van der Waals surface area contributed by atoms with Crippen molar-refractivity contribution in [3.63, 3.8) is 0 Å². The van der Waals surface area contributed by atoms with Gasteiger partial charge in [0.1, 0.15) is 0 Å². The van der Waals surface area contributed by atoms with E-state index in [1.807, 2.05) is 12.1 Å². The van der Waals surface area contributed by atoms with E-state index in [-0.39, 0.29) is 0 Å². The second kappa shape index (κ2) is 7.66. The Morgan fingerprint density at radius 2 is 2.04 bits per heavy atom. The third-order valence-corrected chi connectivity index (χ3v) is 3.43. The van der Waals surface area contributed by atoms with Crippen molar-refractivity contribution in [2.75, 3.05) is 25.6 Å². The Kier molecular flexibility index (Phi) is 5.13. The van der Waals surface area contributed by atoms with Crippen LogP contribution < -0.4 is 10.6 Å². The summed E-state index contributed by atoms with van der Waals surface area (Å²) in [7, 11) is 1.72. The van der Waals surface area contributed by atoms with Crippen LogP contribution >= 0.6 is 0 Å². The summed E-state index contributed by atoms with van der Waals surface area (Å²) >= 11 is 0. The zero-order valence-electron chi connectivity index (χ0n) is 13.0. The number of H-pyrrole nitrogens is 1. The van der Waals surface area contributed by atoms with Crippen LogP contribution in [0.5, 0.6) is 0 Å². The molecule has 2 heterocycles. The Morgan fingerprint density at radius 3 is 2.87 bits per heavy atom. The van der Waals surface area contributed by atoms with E-state index in [1.54, 1.807) is 19.5 Å². The van der Waals surface area contributed by atoms with Gasteiger partial charge in [-0.05, 0) is 30.7 Å². The second-order valence-electron chi connectivity index (χ2n) is 5.21. The maximum absolute atomic E-state index is 5.02. The first-order valence-electron chi connectivity index (χ1n) is 7.57.